The van der Waals surface area contributed by atoms with Crippen LogP contribution in [0.1, 0.15) is 52.1 Å². The minimum Gasteiger partial charge on any atom is -0.494 e. The van der Waals surface area contributed by atoms with E-state index in [1.54, 1.807) is 7.11 Å². The average molecular weight is 504 g/mol. The van der Waals surface area contributed by atoms with Gasteiger partial charge in [0.15, 0.2) is 0 Å². The topological polar surface area (TPSA) is 36.3 Å². The lowest BCUT2D eigenvalue weighted by molar-refractivity contribution is -0.162. The van der Waals surface area contributed by atoms with Gasteiger partial charge < -0.3 is 9.47 Å². The minimum atomic E-state index is -0.222. The molecule has 6 heteroatoms. The summed E-state index contributed by atoms with van der Waals surface area (Å²) in [4.78, 5) is 0. The fraction of sp³-hybridized carbons (Fsp3) is 0.400. The first kappa shape index (κ1) is 22.4. The number of ether oxygens (including phenoxy) is 2. The molecule has 0 unspecified atom stereocenters. The largest absolute Gasteiger partial charge is 0.494 e. The predicted octanol–water partition coefficient (Wildman–Crippen LogP) is 7.42. The molecule has 0 radical (unpaired) electrons. The summed E-state index contributed by atoms with van der Waals surface area (Å²) in [5.41, 5.74) is 3.51. The summed E-state index contributed by atoms with van der Waals surface area (Å²) in [6, 6.07) is 15.8. The van der Waals surface area contributed by atoms with Crippen LogP contribution >= 0.6 is 27.5 Å². The maximum absolute atomic E-state index is 6.32. The number of para-hydroxylation sites is 2. The average Bonchev–Trinajstić information content (AvgIpc) is 3.03. The molecular formula is C25H28BrClN2O2. The second kappa shape index (κ2) is 8.27. The van der Waals surface area contributed by atoms with E-state index >= 15 is 0 Å². The molecule has 2 heterocycles. The fourth-order valence-corrected chi connectivity index (χ4v) is 5.72. The molecule has 1 aromatic heterocycles. The Bertz CT molecular complexity index is 1070. The molecule has 1 aliphatic rings. The lowest BCUT2D eigenvalue weighted by atomic mass is 9.79. The van der Waals surface area contributed by atoms with Crippen molar-refractivity contribution >= 4 is 27.5 Å². The normalized spacial score (nSPS) is 18.2. The molecule has 31 heavy (non-hydrogen) atoms. The van der Waals surface area contributed by atoms with Crippen molar-refractivity contribution in [2.24, 2.45) is 0 Å². The second-order valence-electron chi connectivity index (χ2n) is 9.36. The van der Waals surface area contributed by atoms with Gasteiger partial charge in [0.05, 0.1) is 34.2 Å². The Morgan fingerprint density at radius 1 is 1.03 bits per heavy atom. The Labute approximate surface area is 197 Å². The van der Waals surface area contributed by atoms with Gasteiger partial charge in [-0.1, -0.05) is 35.9 Å². The highest BCUT2D eigenvalue weighted by Gasteiger charge is 2.42. The van der Waals surface area contributed by atoms with E-state index in [-0.39, 0.29) is 17.1 Å². The maximum atomic E-state index is 6.32. The zero-order valence-electron chi connectivity index (χ0n) is 18.6. The Hall–Kier alpha value is -1.82. The summed E-state index contributed by atoms with van der Waals surface area (Å²) in [7, 11) is 1.68. The molecule has 164 valence electrons. The van der Waals surface area contributed by atoms with E-state index in [4.69, 9.17) is 26.2 Å². The first-order valence-corrected chi connectivity index (χ1v) is 11.7. The number of benzene rings is 2. The van der Waals surface area contributed by atoms with Crippen molar-refractivity contribution < 1.29 is 9.47 Å². The van der Waals surface area contributed by atoms with Gasteiger partial charge >= 0.3 is 0 Å². The van der Waals surface area contributed by atoms with E-state index in [9.17, 15) is 0 Å². The molecule has 2 aromatic carbocycles. The molecule has 1 saturated heterocycles. The zero-order valence-corrected chi connectivity index (χ0v) is 20.9. The summed E-state index contributed by atoms with van der Waals surface area (Å²) in [5.74, 6) is 1.03. The van der Waals surface area contributed by atoms with Gasteiger partial charge in [0.25, 0.3) is 0 Å². The highest BCUT2D eigenvalue weighted by molar-refractivity contribution is 9.10. The van der Waals surface area contributed by atoms with Crippen LogP contribution in [0.3, 0.4) is 0 Å². The molecule has 4 nitrogen and oxygen atoms in total. The Morgan fingerprint density at radius 3 is 2.26 bits per heavy atom. The predicted molar refractivity (Wildman–Crippen MR) is 129 cm³/mol. The standard InChI is InChI=1S/C25H28BrClN2O2/c1-24(2)14-17(15-25(3,4)31-24)22-21(26)23(16-10-12-18(27)13-11-16)29(28-22)19-8-6-7-9-20(19)30-5/h6-13,17H,14-15H2,1-5H3. The fourth-order valence-electron chi connectivity index (χ4n) is 4.80. The summed E-state index contributed by atoms with van der Waals surface area (Å²) in [5, 5.41) is 5.85. The SMILES string of the molecule is COc1ccccc1-n1nc(C2CC(C)(C)OC(C)(C)C2)c(Br)c1-c1ccc(Cl)cc1. The van der Waals surface area contributed by atoms with Crippen LogP contribution in [0, 0.1) is 0 Å². The second-order valence-corrected chi connectivity index (χ2v) is 10.6. The quantitative estimate of drug-likeness (QED) is 0.372. The van der Waals surface area contributed by atoms with Gasteiger partial charge in [0, 0.05) is 16.5 Å². The Morgan fingerprint density at radius 2 is 1.65 bits per heavy atom. The smallest absolute Gasteiger partial charge is 0.144 e. The number of methoxy groups -OCH3 is 1. The first-order valence-electron chi connectivity index (χ1n) is 10.5. The highest BCUT2D eigenvalue weighted by Crippen LogP contribution is 2.47. The van der Waals surface area contributed by atoms with Crippen LogP contribution in [0.2, 0.25) is 5.02 Å². The van der Waals surface area contributed by atoms with Crippen LogP contribution in [0.25, 0.3) is 16.9 Å². The van der Waals surface area contributed by atoms with Crippen LogP contribution < -0.4 is 4.74 Å². The van der Waals surface area contributed by atoms with Gasteiger partial charge in [-0.3, -0.25) is 0 Å². The molecule has 0 aliphatic carbocycles. The molecule has 3 aromatic rings. The number of hydrogen-bond donors (Lipinski definition) is 0. The molecule has 0 saturated carbocycles. The van der Waals surface area contributed by atoms with Crippen molar-refractivity contribution in [2.75, 3.05) is 7.11 Å². The molecule has 4 rings (SSSR count). The van der Waals surface area contributed by atoms with Gasteiger partial charge in [-0.05, 0) is 80.7 Å². The number of hydrogen-bond acceptors (Lipinski definition) is 3. The molecular weight excluding hydrogens is 476 g/mol. The van der Waals surface area contributed by atoms with Gasteiger partial charge in [-0.2, -0.15) is 5.10 Å². The highest BCUT2D eigenvalue weighted by atomic mass is 79.9. The zero-order chi connectivity index (χ0) is 22.4. The van der Waals surface area contributed by atoms with Crippen molar-refractivity contribution in [3.05, 3.63) is 63.7 Å². The minimum absolute atomic E-state index is 0.222. The lowest BCUT2D eigenvalue weighted by Gasteiger charge is -2.45. The Kier molecular flexibility index (Phi) is 5.97. The summed E-state index contributed by atoms with van der Waals surface area (Å²) in [6.45, 7) is 8.64. The molecule has 0 atom stereocenters. The summed E-state index contributed by atoms with van der Waals surface area (Å²) >= 11 is 10.1. The van der Waals surface area contributed by atoms with E-state index in [2.05, 4.69) is 43.6 Å². The van der Waals surface area contributed by atoms with Gasteiger partial charge in [-0.15, -0.1) is 0 Å². The molecule has 1 aliphatic heterocycles. The van der Waals surface area contributed by atoms with E-state index in [1.165, 1.54) is 0 Å². The number of halogens is 2. The monoisotopic (exact) mass is 502 g/mol. The van der Waals surface area contributed by atoms with Crippen molar-refractivity contribution in [3.8, 4) is 22.7 Å². The lowest BCUT2D eigenvalue weighted by Crippen LogP contribution is -2.44. The summed E-state index contributed by atoms with van der Waals surface area (Å²) in [6.07, 6.45) is 1.80. The summed E-state index contributed by atoms with van der Waals surface area (Å²) < 4.78 is 15.0. The molecule has 0 spiro atoms. The van der Waals surface area contributed by atoms with Crippen LogP contribution in [-0.2, 0) is 4.74 Å². The van der Waals surface area contributed by atoms with Crippen molar-refractivity contribution in [1.29, 1.82) is 0 Å². The van der Waals surface area contributed by atoms with E-state index in [1.807, 2.05) is 53.2 Å². The number of rotatable bonds is 4. The van der Waals surface area contributed by atoms with Crippen LogP contribution in [0.5, 0.6) is 5.75 Å². The first-order chi connectivity index (χ1) is 14.6. The third kappa shape index (κ3) is 4.55. The molecule has 0 N–H and O–H groups in total. The third-order valence-corrected chi connectivity index (χ3v) is 6.73. The van der Waals surface area contributed by atoms with Gasteiger partial charge in [-0.25, -0.2) is 4.68 Å². The van der Waals surface area contributed by atoms with Crippen LogP contribution in [0.4, 0.5) is 0 Å². The van der Waals surface area contributed by atoms with Crippen molar-refractivity contribution in [3.63, 3.8) is 0 Å². The van der Waals surface area contributed by atoms with Crippen LogP contribution in [-0.4, -0.2) is 28.1 Å². The number of aromatic nitrogens is 2. The molecule has 0 amide bonds. The molecule has 1 fully saturated rings. The van der Waals surface area contributed by atoms with Crippen molar-refractivity contribution in [1.82, 2.24) is 9.78 Å². The Balaban J connectivity index is 1.92. The van der Waals surface area contributed by atoms with Gasteiger partial charge in [0.1, 0.15) is 11.4 Å². The van der Waals surface area contributed by atoms with Crippen LogP contribution in [0.15, 0.2) is 53.0 Å². The van der Waals surface area contributed by atoms with Crippen molar-refractivity contribution in [2.45, 2.75) is 57.7 Å². The van der Waals surface area contributed by atoms with E-state index in [0.29, 0.717) is 5.02 Å². The van der Waals surface area contributed by atoms with E-state index < -0.39 is 0 Å². The third-order valence-electron chi connectivity index (χ3n) is 5.70. The van der Waals surface area contributed by atoms with Gasteiger partial charge in [0.2, 0.25) is 0 Å². The maximum Gasteiger partial charge on any atom is 0.144 e. The van der Waals surface area contributed by atoms with E-state index in [0.717, 1.165) is 45.7 Å². The number of nitrogens with zero attached hydrogens (tertiary/aromatic N) is 2. The molecule has 0 bridgehead atoms.